The van der Waals surface area contributed by atoms with E-state index in [1.807, 2.05) is 0 Å². The smallest absolute Gasteiger partial charge is 0.407 e. The molecule has 7 nitrogen and oxygen atoms in total. The van der Waals surface area contributed by atoms with Crippen LogP contribution < -0.4 is 5.32 Å². The van der Waals surface area contributed by atoms with Gasteiger partial charge in [0.2, 0.25) is 5.91 Å². The zero-order valence-corrected chi connectivity index (χ0v) is 9.92. The van der Waals surface area contributed by atoms with E-state index in [9.17, 15) is 14.4 Å². The molecular formula is C11H16N2O5. The Morgan fingerprint density at radius 2 is 2.33 bits per heavy atom. The predicted molar refractivity (Wildman–Crippen MR) is 61.9 cm³/mol. The monoisotopic (exact) mass is 256 g/mol. The average Bonchev–Trinajstić information content (AvgIpc) is 2.69. The molecule has 1 saturated heterocycles. The van der Waals surface area contributed by atoms with Gasteiger partial charge in [-0.05, 0) is 0 Å². The van der Waals surface area contributed by atoms with Gasteiger partial charge in [0.25, 0.3) is 0 Å². The summed E-state index contributed by atoms with van der Waals surface area (Å²) in [7, 11) is 0. The third-order valence-corrected chi connectivity index (χ3v) is 2.55. The van der Waals surface area contributed by atoms with E-state index in [1.165, 1.54) is 11.0 Å². The maximum absolute atomic E-state index is 11.4. The van der Waals surface area contributed by atoms with E-state index in [0.717, 1.165) is 0 Å². The van der Waals surface area contributed by atoms with Crippen LogP contribution in [0.3, 0.4) is 0 Å². The van der Waals surface area contributed by atoms with Gasteiger partial charge in [-0.25, -0.2) is 4.79 Å². The number of hydrogen-bond donors (Lipinski definition) is 2. The molecule has 1 aliphatic rings. The van der Waals surface area contributed by atoms with Gasteiger partial charge in [-0.1, -0.05) is 12.7 Å². The molecule has 0 aromatic carbocycles. The van der Waals surface area contributed by atoms with Gasteiger partial charge in [0, 0.05) is 26.1 Å². The van der Waals surface area contributed by atoms with Crippen molar-refractivity contribution in [2.45, 2.75) is 6.42 Å². The lowest BCUT2D eigenvalue weighted by molar-refractivity contribution is -0.141. The Morgan fingerprint density at radius 3 is 2.89 bits per heavy atom. The molecule has 0 aromatic heterocycles. The Kier molecular flexibility index (Phi) is 5.16. The fourth-order valence-electron chi connectivity index (χ4n) is 1.63. The first kappa shape index (κ1) is 14.0. The molecule has 1 unspecified atom stereocenters. The summed E-state index contributed by atoms with van der Waals surface area (Å²) >= 11 is 0. The molecule has 0 saturated carbocycles. The Labute approximate surface area is 104 Å². The number of hydrogen-bond acceptors (Lipinski definition) is 4. The van der Waals surface area contributed by atoms with Crippen LogP contribution in [0.5, 0.6) is 0 Å². The quantitative estimate of drug-likeness (QED) is 0.643. The first-order valence-electron chi connectivity index (χ1n) is 5.56. The standard InChI is InChI=1S/C11H16N2O5/c1-2-5-18-11(17)12-3-4-13-7-8(10(15)16)6-9(13)14/h2,8H,1,3-7H2,(H,12,17)(H,15,16). The highest BCUT2D eigenvalue weighted by Gasteiger charge is 2.33. The summed E-state index contributed by atoms with van der Waals surface area (Å²) < 4.78 is 4.68. The van der Waals surface area contributed by atoms with Crippen LogP contribution in [0.4, 0.5) is 4.79 Å². The maximum atomic E-state index is 11.4. The third kappa shape index (κ3) is 4.08. The lowest BCUT2D eigenvalue weighted by Gasteiger charge is -2.15. The second kappa shape index (κ2) is 6.63. The highest BCUT2D eigenvalue weighted by Crippen LogP contribution is 2.16. The number of nitrogens with one attached hydrogen (secondary N) is 1. The Morgan fingerprint density at radius 1 is 1.61 bits per heavy atom. The first-order chi connectivity index (χ1) is 8.54. The molecule has 0 aliphatic carbocycles. The van der Waals surface area contributed by atoms with E-state index in [0.29, 0.717) is 0 Å². The van der Waals surface area contributed by atoms with Gasteiger partial charge >= 0.3 is 12.1 Å². The number of amides is 2. The summed E-state index contributed by atoms with van der Waals surface area (Å²) in [5, 5.41) is 11.2. The van der Waals surface area contributed by atoms with Gasteiger partial charge in [0.1, 0.15) is 6.61 Å². The second-order valence-electron chi connectivity index (χ2n) is 3.89. The summed E-state index contributed by atoms with van der Waals surface area (Å²) in [5.41, 5.74) is 0. The van der Waals surface area contributed by atoms with E-state index in [1.54, 1.807) is 0 Å². The zero-order chi connectivity index (χ0) is 13.5. The van der Waals surface area contributed by atoms with Crippen LogP contribution in [0.2, 0.25) is 0 Å². The summed E-state index contributed by atoms with van der Waals surface area (Å²) in [6, 6.07) is 0. The molecule has 18 heavy (non-hydrogen) atoms. The molecule has 1 rings (SSSR count). The fourth-order valence-corrected chi connectivity index (χ4v) is 1.63. The summed E-state index contributed by atoms with van der Waals surface area (Å²) in [6.45, 7) is 4.22. The van der Waals surface area contributed by atoms with Crippen LogP contribution in [0, 0.1) is 5.92 Å². The number of carboxylic acid groups (broad SMARTS) is 1. The van der Waals surface area contributed by atoms with Crippen molar-refractivity contribution >= 4 is 18.0 Å². The largest absolute Gasteiger partial charge is 0.481 e. The van der Waals surface area contributed by atoms with E-state index in [4.69, 9.17) is 5.11 Å². The van der Waals surface area contributed by atoms with Crippen LogP contribution in [0.25, 0.3) is 0 Å². The molecule has 1 heterocycles. The molecule has 0 spiro atoms. The van der Waals surface area contributed by atoms with Crippen molar-refractivity contribution in [3.8, 4) is 0 Å². The summed E-state index contributed by atoms with van der Waals surface area (Å²) in [6.07, 6.45) is 0.883. The Balaban J connectivity index is 2.24. The third-order valence-electron chi connectivity index (χ3n) is 2.55. The average molecular weight is 256 g/mol. The zero-order valence-electron chi connectivity index (χ0n) is 9.92. The number of carboxylic acids is 1. The molecule has 1 aliphatic heterocycles. The van der Waals surface area contributed by atoms with E-state index in [-0.39, 0.29) is 38.6 Å². The number of aliphatic carboxylic acids is 1. The molecule has 1 fully saturated rings. The number of alkyl carbamates (subject to hydrolysis) is 1. The van der Waals surface area contributed by atoms with E-state index in [2.05, 4.69) is 16.6 Å². The van der Waals surface area contributed by atoms with E-state index >= 15 is 0 Å². The highest BCUT2D eigenvalue weighted by atomic mass is 16.5. The van der Waals surface area contributed by atoms with Crippen molar-refractivity contribution < 1.29 is 24.2 Å². The van der Waals surface area contributed by atoms with Crippen molar-refractivity contribution in [1.82, 2.24) is 10.2 Å². The lowest BCUT2D eigenvalue weighted by Crippen LogP contribution is -2.36. The van der Waals surface area contributed by atoms with Gasteiger partial charge in [0.05, 0.1) is 5.92 Å². The minimum atomic E-state index is -0.968. The highest BCUT2D eigenvalue weighted by molar-refractivity contribution is 5.86. The summed E-state index contributed by atoms with van der Waals surface area (Å²) in [4.78, 5) is 34.6. The number of ether oxygens (including phenoxy) is 1. The van der Waals surface area contributed by atoms with Crippen molar-refractivity contribution in [3.63, 3.8) is 0 Å². The van der Waals surface area contributed by atoms with Gasteiger partial charge in [-0.3, -0.25) is 9.59 Å². The van der Waals surface area contributed by atoms with Crippen LogP contribution in [0.1, 0.15) is 6.42 Å². The number of carbonyl (C=O) groups is 3. The Hall–Kier alpha value is -2.05. The van der Waals surface area contributed by atoms with Crippen LogP contribution in [-0.4, -0.2) is 54.2 Å². The molecule has 1 atom stereocenters. The fraction of sp³-hybridized carbons (Fsp3) is 0.545. The van der Waals surface area contributed by atoms with Gasteiger partial charge in [-0.2, -0.15) is 0 Å². The second-order valence-corrected chi connectivity index (χ2v) is 3.89. The van der Waals surface area contributed by atoms with E-state index < -0.39 is 18.0 Å². The number of likely N-dealkylation sites (tertiary alicyclic amines) is 1. The van der Waals surface area contributed by atoms with Gasteiger partial charge in [0.15, 0.2) is 0 Å². The van der Waals surface area contributed by atoms with Crippen LogP contribution in [0.15, 0.2) is 12.7 Å². The topological polar surface area (TPSA) is 95.9 Å². The van der Waals surface area contributed by atoms with Crippen LogP contribution in [-0.2, 0) is 14.3 Å². The molecule has 0 radical (unpaired) electrons. The lowest BCUT2D eigenvalue weighted by atomic mass is 10.1. The number of rotatable bonds is 6. The van der Waals surface area contributed by atoms with Crippen molar-refractivity contribution in [2.75, 3.05) is 26.2 Å². The maximum Gasteiger partial charge on any atom is 0.407 e. The van der Waals surface area contributed by atoms with Crippen LogP contribution >= 0.6 is 0 Å². The molecule has 2 N–H and O–H groups in total. The molecular weight excluding hydrogens is 240 g/mol. The van der Waals surface area contributed by atoms with Crippen molar-refractivity contribution in [2.24, 2.45) is 5.92 Å². The number of nitrogens with zero attached hydrogens (tertiary/aromatic N) is 1. The minimum Gasteiger partial charge on any atom is -0.481 e. The first-order valence-corrected chi connectivity index (χ1v) is 5.56. The predicted octanol–water partition coefficient (Wildman–Crippen LogP) is -0.168. The van der Waals surface area contributed by atoms with Crippen molar-refractivity contribution in [1.29, 1.82) is 0 Å². The molecule has 100 valence electrons. The Bertz CT molecular complexity index is 355. The SMILES string of the molecule is C=CCOC(=O)NCCN1CC(C(=O)O)CC1=O. The normalized spacial score (nSPS) is 18.6. The number of carbonyl (C=O) groups excluding carboxylic acids is 2. The summed E-state index contributed by atoms with van der Waals surface area (Å²) in [5.74, 6) is -1.82. The van der Waals surface area contributed by atoms with Crippen molar-refractivity contribution in [3.05, 3.63) is 12.7 Å². The van der Waals surface area contributed by atoms with Gasteiger partial charge in [-0.15, -0.1) is 0 Å². The molecule has 2 amide bonds. The van der Waals surface area contributed by atoms with Gasteiger partial charge < -0.3 is 20.1 Å². The molecule has 0 aromatic rings. The molecule has 0 bridgehead atoms. The minimum absolute atomic E-state index is 0.0241. The molecule has 7 heteroatoms.